The number of fused-ring (bicyclic) bond motifs is 3. The zero-order chi connectivity index (χ0) is 18.8. The van der Waals surface area contributed by atoms with Crippen LogP contribution in [-0.4, -0.2) is 34.9 Å². The molecule has 0 saturated carbocycles. The van der Waals surface area contributed by atoms with Gasteiger partial charge in [0, 0.05) is 41.1 Å². The zero-order valence-corrected chi connectivity index (χ0v) is 15.6. The van der Waals surface area contributed by atoms with Crippen LogP contribution < -0.4 is 10.9 Å². The van der Waals surface area contributed by atoms with E-state index >= 15 is 0 Å². The summed E-state index contributed by atoms with van der Waals surface area (Å²) in [4.78, 5) is 18.4. The van der Waals surface area contributed by atoms with Crippen molar-refractivity contribution in [1.82, 2.24) is 9.55 Å². The molecule has 1 aliphatic carbocycles. The summed E-state index contributed by atoms with van der Waals surface area (Å²) >= 11 is 1.39. The highest BCUT2D eigenvalue weighted by molar-refractivity contribution is 7.25. The molecule has 0 saturated heterocycles. The molecule has 0 unspecified atom stereocenters. The summed E-state index contributed by atoms with van der Waals surface area (Å²) in [5, 5.41) is 14.1. The number of pyridine rings is 2. The van der Waals surface area contributed by atoms with E-state index in [0.717, 1.165) is 32.7 Å². The Hall–Kier alpha value is -2.90. The van der Waals surface area contributed by atoms with Gasteiger partial charge in [0.1, 0.15) is 15.3 Å². The minimum absolute atomic E-state index is 0.0384. The van der Waals surface area contributed by atoms with Crippen molar-refractivity contribution in [3.63, 3.8) is 0 Å². The smallest absolute Gasteiger partial charge is 0.273 e. The van der Waals surface area contributed by atoms with Crippen molar-refractivity contribution in [3.05, 3.63) is 64.9 Å². The number of anilines is 1. The van der Waals surface area contributed by atoms with Gasteiger partial charge in [-0.1, -0.05) is 6.08 Å². The molecule has 4 rings (SSSR count). The van der Waals surface area contributed by atoms with Crippen LogP contribution in [0, 0.1) is 0 Å². The third kappa shape index (κ3) is 3.15. The van der Waals surface area contributed by atoms with Crippen molar-refractivity contribution in [1.29, 1.82) is 0 Å². The number of rotatable bonds is 5. The third-order valence-corrected chi connectivity index (χ3v) is 5.54. The molecule has 0 radical (unpaired) electrons. The molecule has 3 aromatic heterocycles. The molecule has 3 aromatic rings. The fraction of sp³-hybridized carbons (Fsp3) is 0.200. The Labute approximate surface area is 159 Å². The number of aliphatic hydroxyl groups is 1. The lowest BCUT2D eigenvalue weighted by atomic mass is 10.2. The Kier molecular flexibility index (Phi) is 4.79. The van der Waals surface area contributed by atoms with Crippen molar-refractivity contribution in [3.8, 4) is 0 Å². The second kappa shape index (κ2) is 7.38. The largest absolute Gasteiger partial charge is 0.497 e. The van der Waals surface area contributed by atoms with E-state index in [1.165, 1.54) is 11.3 Å². The van der Waals surface area contributed by atoms with Gasteiger partial charge in [-0.05, 0) is 36.8 Å². The topological polar surface area (TPSA) is 76.4 Å². The van der Waals surface area contributed by atoms with Crippen molar-refractivity contribution >= 4 is 43.0 Å². The zero-order valence-electron chi connectivity index (χ0n) is 14.8. The number of nitrogens with zero attached hydrogens (tertiary/aromatic N) is 2. The molecular formula is C20H19N3O3S. The summed E-state index contributed by atoms with van der Waals surface area (Å²) in [6.07, 6.45) is 11.9. The first-order valence-corrected chi connectivity index (χ1v) is 9.45. The van der Waals surface area contributed by atoms with Crippen LogP contribution in [-0.2, 0) is 4.74 Å². The highest BCUT2D eigenvalue weighted by atomic mass is 32.1. The molecule has 6 nitrogen and oxygen atoms in total. The van der Waals surface area contributed by atoms with Crippen LogP contribution in [0.2, 0.25) is 0 Å². The van der Waals surface area contributed by atoms with Gasteiger partial charge in [0.25, 0.3) is 5.56 Å². The van der Waals surface area contributed by atoms with Gasteiger partial charge in [-0.15, -0.1) is 11.3 Å². The Balaban J connectivity index is 1.85. The molecule has 0 bridgehead atoms. The average molecular weight is 381 g/mol. The van der Waals surface area contributed by atoms with Crippen LogP contribution in [0.1, 0.15) is 6.42 Å². The highest BCUT2D eigenvalue weighted by Gasteiger charge is 2.15. The van der Waals surface area contributed by atoms with Gasteiger partial charge in [-0.2, -0.15) is 0 Å². The Morgan fingerprint density at radius 3 is 3.04 bits per heavy atom. The molecule has 0 aromatic carbocycles. The van der Waals surface area contributed by atoms with Crippen LogP contribution in [0.25, 0.3) is 26.0 Å². The molecule has 0 atom stereocenters. The first kappa shape index (κ1) is 17.5. The number of aromatic nitrogens is 2. The van der Waals surface area contributed by atoms with Gasteiger partial charge in [0.2, 0.25) is 0 Å². The summed E-state index contributed by atoms with van der Waals surface area (Å²) in [6, 6.07) is 3.82. The molecule has 1 aliphatic rings. The monoisotopic (exact) mass is 381 g/mol. The Morgan fingerprint density at radius 1 is 1.33 bits per heavy atom. The molecule has 7 heteroatoms. The number of hydrogen-bond acceptors (Lipinski definition) is 6. The van der Waals surface area contributed by atoms with Gasteiger partial charge in [-0.3, -0.25) is 9.36 Å². The molecule has 0 amide bonds. The first-order chi connectivity index (χ1) is 13.2. The first-order valence-electron chi connectivity index (χ1n) is 8.63. The fourth-order valence-corrected chi connectivity index (χ4v) is 4.25. The van der Waals surface area contributed by atoms with E-state index in [1.54, 1.807) is 24.1 Å². The fourth-order valence-electron chi connectivity index (χ4n) is 3.16. The van der Waals surface area contributed by atoms with E-state index in [4.69, 9.17) is 9.84 Å². The van der Waals surface area contributed by atoms with Crippen LogP contribution in [0.15, 0.2) is 59.4 Å². The van der Waals surface area contributed by atoms with Crippen LogP contribution in [0.3, 0.4) is 0 Å². The van der Waals surface area contributed by atoms with E-state index in [9.17, 15) is 4.79 Å². The minimum atomic E-state index is -0.0691. The van der Waals surface area contributed by atoms with Gasteiger partial charge < -0.3 is 15.2 Å². The summed E-state index contributed by atoms with van der Waals surface area (Å²) in [5.41, 5.74) is 1.62. The average Bonchev–Trinajstić information content (AvgIpc) is 2.91. The van der Waals surface area contributed by atoms with Crippen molar-refractivity contribution in [2.75, 3.05) is 25.6 Å². The van der Waals surface area contributed by atoms with E-state index in [0.29, 0.717) is 17.7 Å². The molecule has 3 heterocycles. The number of ether oxygens (including phenoxy) is 1. The molecule has 0 spiro atoms. The van der Waals surface area contributed by atoms with Gasteiger partial charge in [0.15, 0.2) is 0 Å². The van der Waals surface area contributed by atoms with Crippen molar-refractivity contribution < 1.29 is 9.84 Å². The third-order valence-electron chi connectivity index (χ3n) is 4.44. The maximum Gasteiger partial charge on any atom is 0.273 e. The second-order valence-corrected chi connectivity index (χ2v) is 7.03. The highest BCUT2D eigenvalue weighted by Crippen LogP contribution is 2.35. The molecule has 0 aliphatic heterocycles. The van der Waals surface area contributed by atoms with Gasteiger partial charge in [0.05, 0.1) is 13.7 Å². The maximum absolute atomic E-state index is 13.1. The number of nitrogens with one attached hydrogen (secondary N) is 1. The molecule has 0 fully saturated rings. The predicted octanol–water partition coefficient (Wildman–Crippen LogP) is 3.35. The summed E-state index contributed by atoms with van der Waals surface area (Å²) in [6.45, 7) is 0.483. The van der Waals surface area contributed by atoms with E-state index in [1.807, 2.05) is 36.4 Å². The second-order valence-electron chi connectivity index (χ2n) is 6.03. The SMILES string of the molecule is COC1=CCC=C(n2ccc3c(sc4nccc(NCCO)c43)c2=O)C=C1. The van der Waals surface area contributed by atoms with E-state index in [2.05, 4.69) is 10.3 Å². The quantitative estimate of drug-likeness (QED) is 0.709. The van der Waals surface area contributed by atoms with Gasteiger partial charge in [-0.25, -0.2) is 4.98 Å². The summed E-state index contributed by atoms with van der Waals surface area (Å²) in [7, 11) is 1.63. The lowest BCUT2D eigenvalue weighted by Crippen LogP contribution is -2.17. The van der Waals surface area contributed by atoms with Crippen LogP contribution in [0.4, 0.5) is 5.69 Å². The van der Waals surface area contributed by atoms with Crippen LogP contribution in [0.5, 0.6) is 0 Å². The molecule has 2 N–H and O–H groups in total. The number of aliphatic hydroxyl groups excluding tert-OH is 1. The molecule has 138 valence electrons. The predicted molar refractivity (Wildman–Crippen MR) is 110 cm³/mol. The van der Waals surface area contributed by atoms with Crippen LogP contribution >= 0.6 is 11.3 Å². The minimum Gasteiger partial charge on any atom is -0.497 e. The number of thiophene rings is 1. The number of hydrogen-bond donors (Lipinski definition) is 2. The van der Waals surface area contributed by atoms with Crippen molar-refractivity contribution in [2.45, 2.75) is 6.42 Å². The Morgan fingerprint density at radius 2 is 2.22 bits per heavy atom. The summed E-state index contributed by atoms with van der Waals surface area (Å²) < 4.78 is 7.58. The molecule has 27 heavy (non-hydrogen) atoms. The normalized spacial score (nSPS) is 14.1. The number of methoxy groups -OCH3 is 1. The summed E-state index contributed by atoms with van der Waals surface area (Å²) in [5.74, 6) is 0.779. The lowest BCUT2D eigenvalue weighted by Gasteiger charge is -2.08. The Bertz CT molecular complexity index is 1150. The standard InChI is InChI=1S/C20H19N3O3S/c1-26-14-4-2-3-13(5-6-14)23-11-8-15-17-16(21-10-12-24)7-9-22-19(17)27-18(15)20(23)25/h3-9,11,24H,2,10,12H2,1H3,(H,21,22). The van der Waals surface area contributed by atoms with E-state index < -0.39 is 0 Å². The maximum atomic E-state index is 13.1. The van der Waals surface area contributed by atoms with E-state index in [-0.39, 0.29) is 12.2 Å². The number of allylic oxidation sites excluding steroid dienone is 5. The lowest BCUT2D eigenvalue weighted by molar-refractivity contribution is 0.306. The molecular weight excluding hydrogens is 362 g/mol. The van der Waals surface area contributed by atoms with Gasteiger partial charge >= 0.3 is 0 Å². The van der Waals surface area contributed by atoms with Crippen molar-refractivity contribution in [2.24, 2.45) is 0 Å².